The summed E-state index contributed by atoms with van der Waals surface area (Å²) in [4.78, 5) is 15.6. The lowest BCUT2D eigenvalue weighted by molar-refractivity contribution is -0.118. The van der Waals surface area contributed by atoms with E-state index in [1.165, 1.54) is 5.56 Å². The van der Waals surface area contributed by atoms with Crippen LogP contribution in [0.1, 0.15) is 18.9 Å². The second kappa shape index (κ2) is 4.98. The summed E-state index contributed by atoms with van der Waals surface area (Å²) in [5.41, 5.74) is 9.13. The highest BCUT2D eigenvalue weighted by atomic mass is 16.2. The van der Waals surface area contributed by atoms with Gasteiger partial charge in [0.1, 0.15) is 0 Å². The molecule has 2 rings (SSSR count). The molecule has 1 unspecified atom stereocenters. The summed E-state index contributed by atoms with van der Waals surface area (Å²) >= 11 is 0. The number of likely N-dealkylation sites (N-methyl/N-ethyl adjacent to an activating group) is 1. The zero-order chi connectivity index (χ0) is 13.3. The first kappa shape index (κ1) is 12.9. The molecule has 0 bridgehead atoms. The number of hydrogen-bond donors (Lipinski definition) is 1. The summed E-state index contributed by atoms with van der Waals surface area (Å²) in [5, 5.41) is 0. The Morgan fingerprint density at radius 3 is 2.83 bits per heavy atom. The third-order valence-electron chi connectivity index (χ3n) is 3.82. The first-order chi connectivity index (χ1) is 8.54. The molecule has 4 heteroatoms. The van der Waals surface area contributed by atoms with Crippen LogP contribution in [0.15, 0.2) is 18.2 Å². The van der Waals surface area contributed by atoms with Crippen molar-refractivity contribution in [1.82, 2.24) is 0 Å². The Bertz CT molecular complexity index is 458. The highest BCUT2D eigenvalue weighted by Crippen LogP contribution is 2.30. The second-order valence-electron chi connectivity index (χ2n) is 4.96. The van der Waals surface area contributed by atoms with Crippen LogP contribution in [-0.4, -0.2) is 32.6 Å². The van der Waals surface area contributed by atoms with Crippen molar-refractivity contribution in [2.24, 2.45) is 5.73 Å². The van der Waals surface area contributed by atoms with E-state index in [4.69, 9.17) is 5.73 Å². The van der Waals surface area contributed by atoms with Crippen molar-refractivity contribution in [2.75, 3.05) is 30.4 Å². The van der Waals surface area contributed by atoms with E-state index in [9.17, 15) is 4.79 Å². The van der Waals surface area contributed by atoms with Crippen molar-refractivity contribution in [3.8, 4) is 0 Å². The Balaban J connectivity index is 2.31. The molecule has 1 aromatic carbocycles. The molecule has 1 atom stereocenters. The lowest BCUT2D eigenvalue weighted by Gasteiger charge is -2.30. The number of rotatable bonds is 3. The van der Waals surface area contributed by atoms with Crippen LogP contribution in [0.2, 0.25) is 0 Å². The molecule has 0 aromatic heterocycles. The van der Waals surface area contributed by atoms with Gasteiger partial charge in [0.2, 0.25) is 5.91 Å². The molecule has 1 aromatic rings. The van der Waals surface area contributed by atoms with Crippen molar-refractivity contribution in [3.05, 3.63) is 23.8 Å². The van der Waals surface area contributed by atoms with Crippen molar-refractivity contribution in [3.63, 3.8) is 0 Å². The van der Waals surface area contributed by atoms with Crippen LogP contribution < -0.4 is 15.5 Å². The number of carbonyl (C=O) groups is 1. The van der Waals surface area contributed by atoms with Gasteiger partial charge in [-0.05, 0) is 37.1 Å². The smallest absolute Gasteiger partial charge is 0.227 e. The number of anilines is 2. The fourth-order valence-corrected chi connectivity index (χ4v) is 2.28. The standard InChI is InChI=1S/C14H21N3O/c1-10(9-15)16(2)12-5-6-13-11(8-12)4-7-14(18)17(13)3/h5-6,8,10H,4,7,9,15H2,1-3H3. The van der Waals surface area contributed by atoms with E-state index in [0.29, 0.717) is 19.0 Å². The zero-order valence-corrected chi connectivity index (χ0v) is 11.3. The van der Waals surface area contributed by atoms with Gasteiger partial charge in [-0.3, -0.25) is 4.79 Å². The van der Waals surface area contributed by atoms with Crippen LogP contribution >= 0.6 is 0 Å². The normalized spacial score (nSPS) is 16.4. The Labute approximate surface area is 108 Å². The van der Waals surface area contributed by atoms with Gasteiger partial charge in [-0.15, -0.1) is 0 Å². The molecule has 0 saturated carbocycles. The highest BCUT2D eigenvalue weighted by Gasteiger charge is 2.21. The third-order valence-corrected chi connectivity index (χ3v) is 3.82. The van der Waals surface area contributed by atoms with Gasteiger partial charge in [0, 0.05) is 44.5 Å². The topological polar surface area (TPSA) is 49.6 Å². The largest absolute Gasteiger partial charge is 0.371 e. The van der Waals surface area contributed by atoms with Crippen molar-refractivity contribution in [2.45, 2.75) is 25.8 Å². The van der Waals surface area contributed by atoms with Crippen LogP contribution in [0.25, 0.3) is 0 Å². The van der Waals surface area contributed by atoms with Crippen LogP contribution in [0, 0.1) is 0 Å². The summed E-state index contributed by atoms with van der Waals surface area (Å²) in [6, 6.07) is 6.57. The maximum Gasteiger partial charge on any atom is 0.227 e. The summed E-state index contributed by atoms with van der Waals surface area (Å²) in [6.07, 6.45) is 1.43. The van der Waals surface area contributed by atoms with Gasteiger partial charge in [-0.25, -0.2) is 0 Å². The molecule has 0 fully saturated rings. The van der Waals surface area contributed by atoms with Gasteiger partial charge < -0.3 is 15.5 Å². The monoisotopic (exact) mass is 247 g/mol. The molecule has 0 aliphatic carbocycles. The number of aryl methyl sites for hydroxylation is 1. The summed E-state index contributed by atoms with van der Waals surface area (Å²) in [5.74, 6) is 0.193. The molecule has 18 heavy (non-hydrogen) atoms. The van der Waals surface area contributed by atoms with Crippen LogP contribution in [0.3, 0.4) is 0 Å². The molecule has 0 spiro atoms. The molecule has 98 valence electrons. The van der Waals surface area contributed by atoms with Gasteiger partial charge in [0.15, 0.2) is 0 Å². The quantitative estimate of drug-likeness (QED) is 0.878. The zero-order valence-electron chi connectivity index (χ0n) is 11.3. The molecule has 0 radical (unpaired) electrons. The maximum atomic E-state index is 11.6. The molecule has 1 aliphatic heterocycles. The van der Waals surface area contributed by atoms with E-state index in [1.54, 1.807) is 4.90 Å². The number of hydrogen-bond acceptors (Lipinski definition) is 3. The van der Waals surface area contributed by atoms with Crippen LogP contribution in [0.5, 0.6) is 0 Å². The minimum absolute atomic E-state index is 0.193. The number of fused-ring (bicyclic) bond motifs is 1. The molecule has 1 heterocycles. The molecular weight excluding hydrogens is 226 g/mol. The van der Waals surface area contributed by atoms with Crippen molar-refractivity contribution in [1.29, 1.82) is 0 Å². The highest BCUT2D eigenvalue weighted by molar-refractivity contribution is 5.96. The van der Waals surface area contributed by atoms with Gasteiger partial charge >= 0.3 is 0 Å². The average Bonchev–Trinajstić information content (AvgIpc) is 2.41. The van der Waals surface area contributed by atoms with Crippen molar-refractivity contribution < 1.29 is 4.79 Å². The Hall–Kier alpha value is -1.55. The molecule has 1 aliphatic rings. The number of nitrogens with zero attached hydrogens (tertiary/aromatic N) is 2. The van der Waals surface area contributed by atoms with Gasteiger partial charge in [-0.2, -0.15) is 0 Å². The SMILES string of the molecule is CC(CN)N(C)c1ccc2c(c1)CCC(=O)N2C. The van der Waals surface area contributed by atoms with E-state index in [-0.39, 0.29) is 5.91 Å². The lowest BCUT2D eigenvalue weighted by atomic mass is 10.0. The minimum atomic E-state index is 0.193. The fraction of sp³-hybridized carbons (Fsp3) is 0.500. The molecule has 1 amide bonds. The van der Waals surface area contributed by atoms with E-state index in [2.05, 4.69) is 31.0 Å². The first-order valence-corrected chi connectivity index (χ1v) is 6.37. The van der Waals surface area contributed by atoms with Gasteiger partial charge in [0.05, 0.1) is 0 Å². The number of nitrogens with two attached hydrogens (primary N) is 1. The van der Waals surface area contributed by atoms with Crippen LogP contribution in [0.4, 0.5) is 11.4 Å². The van der Waals surface area contributed by atoms with E-state index in [0.717, 1.165) is 17.8 Å². The average molecular weight is 247 g/mol. The van der Waals surface area contributed by atoms with E-state index >= 15 is 0 Å². The molecule has 2 N–H and O–H groups in total. The van der Waals surface area contributed by atoms with E-state index in [1.807, 2.05) is 13.1 Å². The fourth-order valence-electron chi connectivity index (χ4n) is 2.28. The Kier molecular flexibility index (Phi) is 3.57. The number of carbonyl (C=O) groups excluding carboxylic acids is 1. The number of amides is 1. The second-order valence-corrected chi connectivity index (χ2v) is 4.96. The molecular formula is C14H21N3O. The predicted molar refractivity (Wildman–Crippen MR) is 75.1 cm³/mol. The Morgan fingerprint density at radius 1 is 1.44 bits per heavy atom. The van der Waals surface area contributed by atoms with Gasteiger partial charge in [-0.1, -0.05) is 0 Å². The summed E-state index contributed by atoms with van der Waals surface area (Å²) < 4.78 is 0. The maximum absolute atomic E-state index is 11.6. The predicted octanol–water partition coefficient (Wildman–Crippen LogP) is 1.38. The van der Waals surface area contributed by atoms with Crippen molar-refractivity contribution >= 4 is 17.3 Å². The minimum Gasteiger partial charge on any atom is -0.371 e. The number of benzene rings is 1. The first-order valence-electron chi connectivity index (χ1n) is 6.37. The third kappa shape index (κ3) is 2.20. The van der Waals surface area contributed by atoms with Crippen LogP contribution in [-0.2, 0) is 11.2 Å². The lowest BCUT2D eigenvalue weighted by Crippen LogP contribution is -2.36. The summed E-state index contributed by atoms with van der Waals surface area (Å²) in [7, 11) is 3.89. The Morgan fingerprint density at radius 2 is 2.17 bits per heavy atom. The molecule has 4 nitrogen and oxygen atoms in total. The van der Waals surface area contributed by atoms with Gasteiger partial charge in [0.25, 0.3) is 0 Å². The molecule has 0 saturated heterocycles. The van der Waals surface area contributed by atoms with E-state index < -0.39 is 0 Å². The summed E-state index contributed by atoms with van der Waals surface area (Å²) in [6.45, 7) is 2.74.